The van der Waals surface area contributed by atoms with Gasteiger partial charge in [0, 0.05) is 11.1 Å². The van der Waals surface area contributed by atoms with E-state index in [0.29, 0.717) is 12.8 Å². The van der Waals surface area contributed by atoms with Crippen molar-refractivity contribution in [2.24, 2.45) is 0 Å². The van der Waals surface area contributed by atoms with Gasteiger partial charge in [0.2, 0.25) is 5.79 Å². The maximum absolute atomic E-state index is 11.2. The molecule has 0 unspecified atom stereocenters. The van der Waals surface area contributed by atoms with Gasteiger partial charge in [-0.25, -0.2) is 0 Å². The summed E-state index contributed by atoms with van der Waals surface area (Å²) in [5, 5.41) is 0. The molecule has 0 spiro atoms. The lowest BCUT2D eigenvalue weighted by Gasteiger charge is -2.34. The van der Waals surface area contributed by atoms with Gasteiger partial charge in [-0.1, -0.05) is 65.8 Å². The van der Waals surface area contributed by atoms with E-state index in [2.05, 4.69) is 77.9 Å². The Labute approximate surface area is 233 Å². The van der Waals surface area contributed by atoms with Crippen LogP contribution in [0.25, 0.3) is 11.1 Å². The Kier molecular flexibility index (Phi) is 9.41. The molecular formula is C29H42O8S2. The monoisotopic (exact) mass is 582 g/mol. The fraction of sp³-hybridized carbons (Fsp3) is 0.586. The molecule has 2 aromatic rings. The molecule has 0 atom stereocenters. The molecule has 0 bridgehead atoms. The van der Waals surface area contributed by atoms with Crippen LogP contribution in [0.4, 0.5) is 0 Å². The number of hydrogen-bond acceptors (Lipinski definition) is 6. The number of fused-ring (bicyclic) bond motifs is 3. The normalized spacial score (nSPS) is 15.3. The fourth-order valence-corrected chi connectivity index (χ4v) is 5.88. The van der Waals surface area contributed by atoms with Gasteiger partial charge in [0.15, 0.2) is 0 Å². The third-order valence-electron chi connectivity index (χ3n) is 6.97. The van der Waals surface area contributed by atoms with Crippen molar-refractivity contribution < 1.29 is 35.4 Å². The van der Waals surface area contributed by atoms with Crippen LogP contribution in [0.2, 0.25) is 0 Å². The minimum Gasteiger partial charge on any atom is -0.342 e. The van der Waals surface area contributed by atoms with Crippen LogP contribution in [0.5, 0.6) is 0 Å². The van der Waals surface area contributed by atoms with Crippen LogP contribution < -0.4 is 0 Å². The van der Waals surface area contributed by atoms with Crippen LogP contribution >= 0.6 is 0 Å². The lowest BCUT2D eigenvalue weighted by Crippen LogP contribution is -2.34. The molecule has 39 heavy (non-hydrogen) atoms. The first-order valence-electron chi connectivity index (χ1n) is 13.3. The summed E-state index contributed by atoms with van der Waals surface area (Å²) in [6.07, 6.45) is 1.23. The van der Waals surface area contributed by atoms with Crippen LogP contribution in [-0.4, -0.2) is 50.7 Å². The highest BCUT2D eigenvalue weighted by Crippen LogP contribution is 2.52. The maximum atomic E-state index is 11.2. The SMILES string of the molecule is CC(C)(C)c1ccc2c(c1)C(OCCCCS(=O)(=O)O)(OCCCCS(=O)(=O)O)c1cc(C(C)(C)C)ccc1-2. The summed E-state index contributed by atoms with van der Waals surface area (Å²) in [6, 6.07) is 12.6. The maximum Gasteiger partial charge on any atom is 0.264 e. The van der Waals surface area contributed by atoms with Crippen molar-refractivity contribution in [3.8, 4) is 11.1 Å². The topological polar surface area (TPSA) is 127 Å². The van der Waals surface area contributed by atoms with Crippen LogP contribution in [0.3, 0.4) is 0 Å². The number of ether oxygens (including phenoxy) is 2. The molecule has 0 saturated carbocycles. The molecule has 0 heterocycles. The van der Waals surface area contributed by atoms with E-state index < -0.39 is 26.0 Å². The average molecular weight is 583 g/mol. The van der Waals surface area contributed by atoms with Gasteiger partial charge < -0.3 is 9.47 Å². The van der Waals surface area contributed by atoms with E-state index in [1.54, 1.807) is 0 Å². The summed E-state index contributed by atoms with van der Waals surface area (Å²) in [4.78, 5) is 0. The first-order chi connectivity index (χ1) is 17.8. The standard InChI is InChI=1S/C29H42O8S2/c1-27(2,3)21-11-13-23-24-14-12-22(28(4,5)6)20-26(24)29(25(23)19-21,36-15-7-9-17-38(30,31)32)37-16-8-10-18-39(33,34)35/h11-14,19-20H,7-10,15-18H2,1-6H3,(H,30,31,32)(H,33,34,35). The number of unbranched alkanes of at least 4 members (excludes halogenated alkanes) is 2. The highest BCUT2D eigenvalue weighted by molar-refractivity contribution is 7.86. The molecule has 0 aromatic heterocycles. The first kappa shape index (κ1) is 31.7. The Morgan fingerprint density at radius 1 is 0.641 bits per heavy atom. The average Bonchev–Trinajstić information content (AvgIpc) is 3.05. The zero-order chi connectivity index (χ0) is 29.3. The molecular weight excluding hydrogens is 540 g/mol. The summed E-state index contributed by atoms with van der Waals surface area (Å²) < 4.78 is 76.2. The largest absolute Gasteiger partial charge is 0.342 e. The smallest absolute Gasteiger partial charge is 0.264 e. The van der Waals surface area contributed by atoms with E-state index in [-0.39, 0.29) is 48.4 Å². The summed E-state index contributed by atoms with van der Waals surface area (Å²) >= 11 is 0. The summed E-state index contributed by atoms with van der Waals surface area (Å²) in [5.41, 5.74) is 5.57. The molecule has 10 heteroatoms. The Bertz CT molecular complexity index is 1270. The Morgan fingerprint density at radius 2 is 1.00 bits per heavy atom. The van der Waals surface area contributed by atoms with E-state index in [1.807, 2.05) is 0 Å². The molecule has 0 amide bonds. The first-order valence-corrected chi connectivity index (χ1v) is 16.5. The summed E-state index contributed by atoms with van der Waals surface area (Å²) in [6.45, 7) is 13.1. The molecule has 3 rings (SSSR count). The van der Waals surface area contributed by atoms with E-state index in [1.165, 1.54) is 0 Å². The molecule has 1 aliphatic rings. The predicted molar refractivity (Wildman–Crippen MR) is 153 cm³/mol. The van der Waals surface area contributed by atoms with E-state index in [9.17, 15) is 16.8 Å². The molecule has 1 aliphatic carbocycles. The van der Waals surface area contributed by atoms with Crippen molar-refractivity contribution in [3.05, 3.63) is 58.7 Å². The lowest BCUT2D eigenvalue weighted by molar-refractivity contribution is -0.216. The second-order valence-electron chi connectivity index (χ2n) is 12.3. The highest BCUT2D eigenvalue weighted by atomic mass is 32.2. The van der Waals surface area contributed by atoms with Gasteiger partial charge in [-0.15, -0.1) is 0 Å². The quantitative estimate of drug-likeness (QED) is 0.182. The van der Waals surface area contributed by atoms with Gasteiger partial charge >= 0.3 is 0 Å². The second kappa shape index (κ2) is 11.6. The summed E-state index contributed by atoms with van der Waals surface area (Å²) in [5.74, 6) is -1.99. The fourth-order valence-electron chi connectivity index (χ4n) is 4.74. The van der Waals surface area contributed by atoms with E-state index in [4.69, 9.17) is 18.6 Å². The summed E-state index contributed by atoms with van der Waals surface area (Å²) in [7, 11) is -8.14. The third-order valence-corrected chi connectivity index (χ3v) is 8.58. The van der Waals surface area contributed by atoms with Crippen molar-refractivity contribution in [3.63, 3.8) is 0 Å². The Hall–Kier alpha value is -1.82. The third kappa shape index (κ3) is 8.11. The minimum absolute atomic E-state index is 0.142. The van der Waals surface area contributed by atoms with Crippen molar-refractivity contribution in [2.75, 3.05) is 24.7 Å². The van der Waals surface area contributed by atoms with E-state index >= 15 is 0 Å². The molecule has 2 N–H and O–H groups in total. The van der Waals surface area contributed by atoms with E-state index in [0.717, 1.165) is 33.4 Å². The zero-order valence-electron chi connectivity index (χ0n) is 23.8. The molecule has 0 fully saturated rings. The number of benzene rings is 2. The second-order valence-corrected chi connectivity index (χ2v) is 15.5. The molecule has 8 nitrogen and oxygen atoms in total. The van der Waals surface area contributed by atoms with Gasteiger partial charge in [0.1, 0.15) is 0 Å². The van der Waals surface area contributed by atoms with Gasteiger partial charge in [-0.2, -0.15) is 16.8 Å². The van der Waals surface area contributed by atoms with Crippen molar-refractivity contribution in [1.29, 1.82) is 0 Å². The van der Waals surface area contributed by atoms with Crippen LogP contribution in [0.1, 0.15) is 89.5 Å². The van der Waals surface area contributed by atoms with Crippen molar-refractivity contribution in [2.45, 2.75) is 83.8 Å². The zero-order valence-corrected chi connectivity index (χ0v) is 25.4. The van der Waals surface area contributed by atoms with Crippen molar-refractivity contribution >= 4 is 20.2 Å². The number of rotatable bonds is 12. The molecule has 2 aromatic carbocycles. The van der Waals surface area contributed by atoms with Gasteiger partial charge in [-0.05, 0) is 70.9 Å². The molecule has 0 radical (unpaired) electrons. The minimum atomic E-state index is -4.07. The molecule has 218 valence electrons. The van der Waals surface area contributed by atoms with Crippen LogP contribution in [-0.2, 0) is 46.3 Å². The highest BCUT2D eigenvalue weighted by Gasteiger charge is 2.47. The number of hydrogen-bond donors (Lipinski definition) is 2. The van der Waals surface area contributed by atoms with Crippen LogP contribution in [0, 0.1) is 0 Å². The Morgan fingerprint density at radius 3 is 1.31 bits per heavy atom. The van der Waals surface area contributed by atoms with Crippen LogP contribution in [0.15, 0.2) is 36.4 Å². The predicted octanol–water partition coefficient (Wildman–Crippen LogP) is 5.83. The lowest BCUT2D eigenvalue weighted by atomic mass is 9.84. The van der Waals surface area contributed by atoms with Crippen molar-refractivity contribution in [1.82, 2.24) is 0 Å². The molecule has 0 saturated heterocycles. The molecule has 0 aliphatic heterocycles. The van der Waals surface area contributed by atoms with Gasteiger partial charge in [-0.3, -0.25) is 9.11 Å². The van der Waals surface area contributed by atoms with Gasteiger partial charge in [0.25, 0.3) is 20.2 Å². The Balaban J connectivity index is 2.07. The van der Waals surface area contributed by atoms with Gasteiger partial charge in [0.05, 0.1) is 24.7 Å².